The van der Waals surface area contributed by atoms with Gasteiger partial charge < -0.3 is 14.5 Å². The summed E-state index contributed by atoms with van der Waals surface area (Å²) in [6.45, 7) is 1.79. The Balaban J connectivity index is 1.37. The molecule has 0 aliphatic heterocycles. The van der Waals surface area contributed by atoms with Gasteiger partial charge in [0.2, 0.25) is 11.6 Å². The van der Waals surface area contributed by atoms with Crippen molar-refractivity contribution in [2.75, 3.05) is 5.32 Å². The maximum absolute atomic E-state index is 12.2. The molecule has 4 aromatic rings. The lowest BCUT2D eigenvalue weighted by Crippen LogP contribution is -2.17. The maximum Gasteiger partial charge on any atom is 0.573 e. The van der Waals surface area contributed by atoms with Crippen molar-refractivity contribution in [3.8, 4) is 17.3 Å². The molecule has 3 aromatic heterocycles. The maximum atomic E-state index is 12.2. The first-order valence-electron chi connectivity index (χ1n) is 8.69. The molecule has 154 valence electrons. The monoisotopic (exact) mass is 417 g/mol. The van der Waals surface area contributed by atoms with Gasteiger partial charge in [-0.3, -0.25) is 4.79 Å². The molecule has 4 rings (SSSR count). The van der Waals surface area contributed by atoms with Crippen molar-refractivity contribution >= 4 is 17.3 Å². The number of rotatable bonds is 5. The number of nitrogens with one attached hydrogen (secondary N) is 1. The van der Waals surface area contributed by atoms with E-state index in [4.69, 9.17) is 4.42 Å². The summed E-state index contributed by atoms with van der Waals surface area (Å²) in [6, 6.07) is 8.38. The van der Waals surface area contributed by atoms with Crippen molar-refractivity contribution in [2.45, 2.75) is 19.7 Å². The van der Waals surface area contributed by atoms with Gasteiger partial charge >= 0.3 is 6.36 Å². The standard InChI is InChI=1S/C19H14F3N5O3/c1-11-23-10-17-27(11)26-18(29-17)15-7-4-13(9-24-15)25-16(28)8-12-2-5-14(6-3-12)30-19(20,21)22/h2-7,9-10H,8H2,1H3,(H,25,28). The largest absolute Gasteiger partial charge is 0.573 e. The SMILES string of the molecule is Cc1ncc2oc(-c3ccc(NC(=O)Cc4ccc(OC(F)(F)F)cc4)cn3)nn12. The van der Waals surface area contributed by atoms with E-state index in [0.29, 0.717) is 34.4 Å². The predicted molar refractivity (Wildman–Crippen MR) is 98.7 cm³/mol. The number of ether oxygens (including phenoxy) is 1. The van der Waals surface area contributed by atoms with E-state index in [1.807, 2.05) is 0 Å². The van der Waals surface area contributed by atoms with Gasteiger partial charge in [-0.25, -0.2) is 9.97 Å². The number of halogens is 3. The second kappa shape index (κ2) is 7.50. The van der Waals surface area contributed by atoms with Crippen molar-refractivity contribution in [3.05, 3.63) is 60.2 Å². The third-order valence-corrected chi connectivity index (χ3v) is 4.06. The highest BCUT2D eigenvalue weighted by atomic mass is 19.4. The first-order chi connectivity index (χ1) is 14.3. The van der Waals surface area contributed by atoms with Crippen LogP contribution < -0.4 is 10.1 Å². The molecule has 0 aliphatic carbocycles. The molecule has 0 spiro atoms. The van der Waals surface area contributed by atoms with Crippen LogP contribution in [0.15, 0.2) is 53.2 Å². The van der Waals surface area contributed by atoms with Crippen LogP contribution in [0.3, 0.4) is 0 Å². The van der Waals surface area contributed by atoms with Crippen molar-refractivity contribution in [3.63, 3.8) is 0 Å². The van der Waals surface area contributed by atoms with E-state index in [2.05, 4.69) is 25.1 Å². The van der Waals surface area contributed by atoms with Crippen molar-refractivity contribution in [1.82, 2.24) is 19.6 Å². The van der Waals surface area contributed by atoms with Crippen molar-refractivity contribution < 1.29 is 27.1 Å². The molecule has 0 saturated heterocycles. The summed E-state index contributed by atoms with van der Waals surface area (Å²) in [6.07, 6.45) is -1.77. The van der Waals surface area contributed by atoms with E-state index in [1.165, 1.54) is 18.3 Å². The highest BCUT2D eigenvalue weighted by Gasteiger charge is 2.30. The number of anilines is 1. The number of amides is 1. The second-order valence-electron chi connectivity index (χ2n) is 6.31. The predicted octanol–water partition coefficient (Wildman–Crippen LogP) is 3.77. The summed E-state index contributed by atoms with van der Waals surface area (Å²) in [7, 11) is 0. The number of alkyl halides is 3. The lowest BCUT2D eigenvalue weighted by molar-refractivity contribution is -0.274. The number of aromatic nitrogens is 4. The first-order valence-corrected chi connectivity index (χ1v) is 8.69. The van der Waals surface area contributed by atoms with Crippen LogP contribution in [0.25, 0.3) is 17.3 Å². The Hall–Kier alpha value is -3.89. The van der Waals surface area contributed by atoms with Gasteiger partial charge in [0.15, 0.2) is 0 Å². The number of nitrogens with zero attached hydrogens (tertiary/aromatic N) is 4. The van der Waals surface area contributed by atoms with Crippen LogP contribution >= 0.6 is 0 Å². The molecule has 0 aliphatic rings. The smallest absolute Gasteiger partial charge is 0.415 e. The number of aryl methyl sites for hydroxylation is 1. The van der Waals surface area contributed by atoms with Gasteiger partial charge in [0.25, 0.3) is 5.89 Å². The fourth-order valence-electron chi connectivity index (χ4n) is 2.72. The van der Waals surface area contributed by atoms with E-state index in [1.54, 1.807) is 29.8 Å². The molecule has 1 amide bonds. The summed E-state index contributed by atoms with van der Waals surface area (Å²) in [5.41, 5.74) is 1.97. The minimum Gasteiger partial charge on any atom is -0.415 e. The summed E-state index contributed by atoms with van der Waals surface area (Å²) >= 11 is 0. The molecule has 1 N–H and O–H groups in total. The van der Waals surface area contributed by atoms with Gasteiger partial charge in [0, 0.05) is 0 Å². The Bertz CT molecular complexity index is 1180. The van der Waals surface area contributed by atoms with Gasteiger partial charge in [-0.1, -0.05) is 12.1 Å². The Morgan fingerprint density at radius 2 is 1.90 bits per heavy atom. The van der Waals surface area contributed by atoms with Gasteiger partial charge in [-0.2, -0.15) is 4.52 Å². The molecule has 30 heavy (non-hydrogen) atoms. The van der Waals surface area contributed by atoms with Crippen LogP contribution in [-0.2, 0) is 11.2 Å². The van der Waals surface area contributed by atoms with Crippen LogP contribution in [0.5, 0.6) is 5.75 Å². The number of hydrogen-bond donors (Lipinski definition) is 1. The second-order valence-corrected chi connectivity index (χ2v) is 6.31. The Kier molecular flexibility index (Phi) is 4.86. The van der Waals surface area contributed by atoms with E-state index >= 15 is 0 Å². The number of hydrogen-bond acceptors (Lipinski definition) is 6. The van der Waals surface area contributed by atoms with Crippen molar-refractivity contribution in [1.29, 1.82) is 0 Å². The molecule has 0 unspecified atom stereocenters. The lowest BCUT2D eigenvalue weighted by atomic mass is 10.1. The summed E-state index contributed by atoms with van der Waals surface area (Å²) < 4.78 is 47.5. The molecule has 3 heterocycles. The first kappa shape index (κ1) is 19.4. The highest BCUT2D eigenvalue weighted by Crippen LogP contribution is 2.23. The Labute approximate surface area is 167 Å². The number of fused-ring (bicyclic) bond motifs is 1. The van der Waals surface area contributed by atoms with E-state index in [-0.39, 0.29) is 18.1 Å². The molecule has 0 saturated carbocycles. The lowest BCUT2D eigenvalue weighted by Gasteiger charge is -2.09. The molecule has 1 aromatic carbocycles. The fraction of sp³-hybridized carbons (Fsp3) is 0.158. The number of pyridine rings is 1. The normalized spacial score (nSPS) is 11.6. The number of benzene rings is 1. The van der Waals surface area contributed by atoms with Crippen LogP contribution in [0.2, 0.25) is 0 Å². The molecule has 11 heteroatoms. The minimum atomic E-state index is -4.76. The summed E-state index contributed by atoms with van der Waals surface area (Å²) in [4.78, 5) is 20.5. The Morgan fingerprint density at radius 1 is 1.13 bits per heavy atom. The van der Waals surface area contributed by atoms with Crippen molar-refractivity contribution in [2.24, 2.45) is 0 Å². The zero-order valence-electron chi connectivity index (χ0n) is 15.5. The zero-order valence-corrected chi connectivity index (χ0v) is 15.5. The zero-order chi connectivity index (χ0) is 21.3. The fourth-order valence-corrected chi connectivity index (χ4v) is 2.72. The third kappa shape index (κ3) is 4.40. The van der Waals surface area contributed by atoms with Crippen LogP contribution in [0, 0.1) is 6.92 Å². The average Bonchev–Trinajstić information content (AvgIpc) is 3.25. The Morgan fingerprint density at radius 3 is 2.53 bits per heavy atom. The van der Waals surface area contributed by atoms with E-state index in [0.717, 1.165) is 12.1 Å². The molecule has 8 nitrogen and oxygen atoms in total. The van der Waals surface area contributed by atoms with Gasteiger partial charge in [-0.05, 0) is 36.8 Å². The minimum absolute atomic E-state index is 0.0222. The summed E-state index contributed by atoms with van der Waals surface area (Å²) in [5, 5.41) is 6.95. The number of carbonyl (C=O) groups is 1. The topological polar surface area (TPSA) is 94.5 Å². The van der Waals surface area contributed by atoms with Crippen LogP contribution in [0.4, 0.5) is 18.9 Å². The average molecular weight is 417 g/mol. The molecule has 0 fully saturated rings. The van der Waals surface area contributed by atoms with E-state index in [9.17, 15) is 18.0 Å². The quantitative estimate of drug-likeness (QED) is 0.531. The van der Waals surface area contributed by atoms with E-state index < -0.39 is 6.36 Å². The third-order valence-electron chi connectivity index (χ3n) is 4.06. The molecule has 0 bridgehead atoms. The summed E-state index contributed by atoms with van der Waals surface area (Å²) in [5.74, 6) is 0.304. The van der Waals surface area contributed by atoms with Crippen LogP contribution in [-0.4, -0.2) is 31.9 Å². The highest BCUT2D eigenvalue weighted by molar-refractivity contribution is 5.92. The van der Waals surface area contributed by atoms with Gasteiger partial charge in [0.1, 0.15) is 17.3 Å². The molecular weight excluding hydrogens is 403 g/mol. The number of carbonyl (C=O) groups excluding carboxylic acids is 1. The van der Waals surface area contributed by atoms with Gasteiger partial charge in [-0.15, -0.1) is 18.3 Å². The van der Waals surface area contributed by atoms with Gasteiger partial charge in [0.05, 0.1) is 24.5 Å². The molecule has 0 atom stereocenters. The van der Waals surface area contributed by atoms with Crippen LogP contribution in [0.1, 0.15) is 11.4 Å². The molecular formula is C19H14F3N5O3. The number of imidazole rings is 1. The molecule has 0 radical (unpaired) electrons.